The Morgan fingerprint density at radius 1 is 0.857 bits per heavy atom. The van der Waals surface area contributed by atoms with Crippen LogP contribution in [0.15, 0.2) is 83.9 Å². The van der Waals surface area contributed by atoms with Gasteiger partial charge < -0.3 is 0 Å². The van der Waals surface area contributed by atoms with E-state index in [9.17, 15) is 4.79 Å². The minimum atomic E-state index is -0.100. The number of carbonyl (C=O) groups excluding carboxylic acids is 1. The molecule has 1 heterocycles. The van der Waals surface area contributed by atoms with Crippen LogP contribution in [0.2, 0.25) is 0 Å². The number of aromatic nitrogens is 2. The molecule has 0 spiro atoms. The molecule has 5 heteroatoms. The van der Waals surface area contributed by atoms with Gasteiger partial charge in [0.25, 0.3) is 0 Å². The summed E-state index contributed by atoms with van der Waals surface area (Å²) >= 11 is 1.30. The first-order valence-corrected chi connectivity index (χ1v) is 9.80. The number of carbonyl (C=O) groups is 1. The van der Waals surface area contributed by atoms with Gasteiger partial charge in [0.15, 0.2) is 5.01 Å². The minimum Gasteiger partial charge on any atom is -0.286 e. The maximum atomic E-state index is 12.9. The maximum Gasteiger partial charge on any atom is 0.223 e. The number of benzene rings is 3. The Kier molecular flexibility index (Phi) is 5.00. The van der Waals surface area contributed by atoms with Gasteiger partial charge in [-0.1, -0.05) is 77.1 Å². The average molecular weight is 385 g/mol. The number of ketones is 1. The first kappa shape index (κ1) is 18.1. The zero-order valence-corrected chi connectivity index (χ0v) is 16.5. The van der Waals surface area contributed by atoms with Gasteiger partial charge in [-0.05, 0) is 38.1 Å². The Morgan fingerprint density at radius 2 is 1.46 bits per heavy atom. The van der Waals surface area contributed by atoms with Crippen molar-refractivity contribution in [1.82, 2.24) is 9.78 Å². The van der Waals surface area contributed by atoms with E-state index < -0.39 is 0 Å². The Bertz CT molecular complexity index is 1170. The van der Waals surface area contributed by atoms with E-state index in [4.69, 9.17) is 4.99 Å². The molecule has 0 amide bonds. The molecule has 4 aromatic rings. The van der Waals surface area contributed by atoms with E-state index in [2.05, 4.69) is 5.10 Å². The van der Waals surface area contributed by atoms with Crippen molar-refractivity contribution in [2.75, 3.05) is 0 Å². The molecule has 0 unspecified atom stereocenters. The SMILES string of the molecule is Cc1ccc(N=c2sc(C(=O)c3ccccc3)nn2-c2ccc(C)cc2)cc1. The van der Waals surface area contributed by atoms with Crippen LogP contribution in [0.4, 0.5) is 5.69 Å². The fourth-order valence-electron chi connectivity index (χ4n) is 2.74. The van der Waals surface area contributed by atoms with Crippen molar-refractivity contribution in [2.24, 2.45) is 4.99 Å². The van der Waals surface area contributed by atoms with Crippen molar-refractivity contribution in [1.29, 1.82) is 0 Å². The predicted octanol–water partition coefficient (Wildman–Crippen LogP) is 5.01. The molecule has 138 valence electrons. The summed E-state index contributed by atoms with van der Waals surface area (Å²) in [6.45, 7) is 4.08. The van der Waals surface area contributed by atoms with Crippen molar-refractivity contribution in [3.8, 4) is 5.69 Å². The van der Waals surface area contributed by atoms with Gasteiger partial charge in [-0.15, -0.1) is 0 Å². The Balaban J connectivity index is 1.85. The van der Waals surface area contributed by atoms with Crippen molar-refractivity contribution in [3.63, 3.8) is 0 Å². The zero-order chi connectivity index (χ0) is 19.5. The van der Waals surface area contributed by atoms with Crippen LogP contribution in [0.5, 0.6) is 0 Å². The summed E-state index contributed by atoms with van der Waals surface area (Å²) in [4.78, 5) is 18.3. The summed E-state index contributed by atoms with van der Waals surface area (Å²) in [5.74, 6) is -0.100. The molecule has 0 bridgehead atoms. The third-order valence-electron chi connectivity index (χ3n) is 4.33. The summed E-state index contributed by atoms with van der Waals surface area (Å²) in [7, 11) is 0. The highest BCUT2D eigenvalue weighted by Gasteiger charge is 2.16. The number of rotatable bonds is 4. The van der Waals surface area contributed by atoms with Gasteiger partial charge in [0.05, 0.1) is 11.4 Å². The van der Waals surface area contributed by atoms with E-state index in [0.717, 1.165) is 16.9 Å². The molecule has 0 saturated carbocycles. The van der Waals surface area contributed by atoms with Crippen LogP contribution in [-0.4, -0.2) is 15.6 Å². The standard InChI is InChI=1S/C23H19N3OS/c1-16-8-12-19(13-9-16)24-23-26(20-14-10-17(2)11-15-20)25-22(28-23)21(27)18-6-4-3-5-7-18/h3-15H,1-2H3. The lowest BCUT2D eigenvalue weighted by Gasteiger charge is -2.02. The quantitative estimate of drug-likeness (QED) is 0.463. The van der Waals surface area contributed by atoms with Crippen molar-refractivity contribution in [3.05, 3.63) is 105 Å². The van der Waals surface area contributed by atoms with E-state index in [0.29, 0.717) is 15.4 Å². The zero-order valence-electron chi connectivity index (χ0n) is 15.7. The highest BCUT2D eigenvalue weighted by molar-refractivity contribution is 7.11. The lowest BCUT2D eigenvalue weighted by molar-refractivity contribution is 0.103. The third-order valence-corrected chi connectivity index (χ3v) is 5.23. The first-order valence-electron chi connectivity index (χ1n) is 8.98. The van der Waals surface area contributed by atoms with Crippen LogP contribution in [0, 0.1) is 13.8 Å². The van der Waals surface area contributed by atoms with Crippen LogP contribution in [0.25, 0.3) is 5.69 Å². The summed E-state index contributed by atoms with van der Waals surface area (Å²) < 4.78 is 1.74. The number of hydrogen-bond acceptors (Lipinski definition) is 4. The second-order valence-corrected chi connectivity index (χ2v) is 7.54. The molecule has 0 aliphatic heterocycles. The smallest absolute Gasteiger partial charge is 0.223 e. The number of hydrogen-bond donors (Lipinski definition) is 0. The fourth-order valence-corrected chi connectivity index (χ4v) is 3.63. The lowest BCUT2D eigenvalue weighted by Crippen LogP contribution is -2.14. The molecule has 0 aliphatic carbocycles. The predicted molar refractivity (Wildman–Crippen MR) is 112 cm³/mol. The first-order chi connectivity index (χ1) is 13.6. The lowest BCUT2D eigenvalue weighted by atomic mass is 10.1. The maximum absolute atomic E-state index is 12.9. The van der Waals surface area contributed by atoms with Gasteiger partial charge >= 0.3 is 0 Å². The van der Waals surface area contributed by atoms with E-state index in [-0.39, 0.29) is 5.78 Å². The molecule has 0 aliphatic rings. The van der Waals surface area contributed by atoms with Crippen LogP contribution in [0.1, 0.15) is 26.5 Å². The summed E-state index contributed by atoms with van der Waals surface area (Å²) in [6, 6.07) is 25.2. The molecule has 0 N–H and O–H groups in total. The summed E-state index contributed by atoms with van der Waals surface area (Å²) in [5, 5.41) is 5.01. The van der Waals surface area contributed by atoms with Crippen molar-refractivity contribution in [2.45, 2.75) is 13.8 Å². The Morgan fingerprint density at radius 3 is 2.11 bits per heavy atom. The van der Waals surface area contributed by atoms with Gasteiger partial charge in [-0.3, -0.25) is 4.79 Å². The van der Waals surface area contributed by atoms with Crippen molar-refractivity contribution < 1.29 is 4.79 Å². The monoisotopic (exact) mass is 385 g/mol. The molecule has 1 aromatic heterocycles. The number of nitrogens with zero attached hydrogens (tertiary/aromatic N) is 3. The van der Waals surface area contributed by atoms with E-state index in [1.165, 1.54) is 16.9 Å². The molecule has 28 heavy (non-hydrogen) atoms. The van der Waals surface area contributed by atoms with E-state index in [1.54, 1.807) is 16.8 Å². The van der Waals surface area contributed by atoms with Crippen LogP contribution < -0.4 is 4.80 Å². The third kappa shape index (κ3) is 3.85. The number of aryl methyl sites for hydroxylation is 2. The summed E-state index contributed by atoms with van der Waals surface area (Å²) in [5.41, 5.74) is 4.66. The van der Waals surface area contributed by atoms with Gasteiger partial charge in [-0.2, -0.15) is 5.10 Å². The van der Waals surface area contributed by atoms with E-state index >= 15 is 0 Å². The highest BCUT2D eigenvalue weighted by atomic mass is 32.1. The topological polar surface area (TPSA) is 47.2 Å². The second-order valence-electron chi connectivity index (χ2n) is 6.58. The molecule has 0 fully saturated rings. The van der Waals surface area contributed by atoms with Crippen LogP contribution >= 0.6 is 11.3 Å². The normalized spacial score (nSPS) is 11.6. The molecule has 3 aromatic carbocycles. The minimum absolute atomic E-state index is 0.100. The van der Waals surface area contributed by atoms with Crippen molar-refractivity contribution >= 4 is 22.8 Å². The average Bonchev–Trinajstić information content (AvgIpc) is 3.14. The highest BCUT2D eigenvalue weighted by Crippen LogP contribution is 2.16. The molecule has 0 saturated heterocycles. The molecular weight excluding hydrogens is 366 g/mol. The Hall–Kier alpha value is -3.31. The van der Waals surface area contributed by atoms with Gasteiger partial charge in [0.1, 0.15) is 0 Å². The van der Waals surface area contributed by atoms with Gasteiger partial charge in [0, 0.05) is 5.56 Å². The van der Waals surface area contributed by atoms with Gasteiger partial charge in [0.2, 0.25) is 10.6 Å². The molecule has 0 atom stereocenters. The van der Waals surface area contributed by atoms with Crippen LogP contribution in [-0.2, 0) is 0 Å². The second kappa shape index (κ2) is 7.74. The summed E-state index contributed by atoms with van der Waals surface area (Å²) in [6.07, 6.45) is 0. The van der Waals surface area contributed by atoms with E-state index in [1.807, 2.05) is 80.6 Å². The largest absolute Gasteiger partial charge is 0.286 e. The molecule has 0 radical (unpaired) electrons. The molecule has 4 rings (SSSR count). The molecule has 4 nitrogen and oxygen atoms in total. The molecular formula is C23H19N3OS. The Labute approximate surface area is 167 Å². The van der Waals surface area contributed by atoms with Crippen LogP contribution in [0.3, 0.4) is 0 Å². The fraction of sp³-hybridized carbons (Fsp3) is 0.0870. The van der Waals surface area contributed by atoms with Gasteiger partial charge in [-0.25, -0.2) is 9.67 Å².